The highest BCUT2D eigenvalue weighted by Gasteiger charge is 2.35. The maximum atomic E-state index is 10.1. The molecule has 6 heteroatoms. The van der Waals surface area contributed by atoms with Gasteiger partial charge in [0.15, 0.2) is 0 Å². The van der Waals surface area contributed by atoms with Crippen LogP contribution in [0.5, 0.6) is 11.5 Å². The van der Waals surface area contributed by atoms with Crippen molar-refractivity contribution < 1.29 is 19.3 Å². The fourth-order valence-electron chi connectivity index (χ4n) is 3.84. The number of aliphatic hydroxyl groups is 1. The second-order valence-corrected chi connectivity index (χ2v) is 8.22. The quantitative estimate of drug-likeness (QED) is 0.394. The van der Waals surface area contributed by atoms with E-state index in [9.17, 15) is 5.11 Å². The standard InChI is InChI=1S/C26H26ClNO4/c1-16-7-5-8-19(11-16)26-28-15-21(18(3)29)17(2)12-23(28)20-13-22(27)25(14-24(20)32-26)31-10-6-9-30-4/h5,7-8,11-15,26,29H,2-3,6,9-10H2,1,4H3. The normalized spacial score (nSPS) is 17.0. The molecule has 0 fully saturated rings. The maximum Gasteiger partial charge on any atom is 0.202 e. The number of allylic oxidation sites excluding steroid dienone is 2. The number of ether oxygens (including phenoxy) is 3. The highest BCUT2D eigenvalue weighted by Crippen LogP contribution is 2.48. The molecule has 1 unspecified atom stereocenters. The van der Waals surface area contributed by atoms with Gasteiger partial charge in [0.25, 0.3) is 0 Å². The van der Waals surface area contributed by atoms with E-state index in [1.807, 2.05) is 54.4 Å². The largest absolute Gasteiger partial charge is 0.508 e. The summed E-state index contributed by atoms with van der Waals surface area (Å²) >= 11 is 6.55. The lowest BCUT2D eigenvalue weighted by atomic mass is 9.95. The molecular weight excluding hydrogens is 426 g/mol. The third kappa shape index (κ3) is 4.27. The zero-order chi connectivity index (χ0) is 22.8. The summed E-state index contributed by atoms with van der Waals surface area (Å²) in [6, 6.07) is 11.8. The van der Waals surface area contributed by atoms with E-state index >= 15 is 0 Å². The number of methoxy groups -OCH3 is 1. The van der Waals surface area contributed by atoms with Crippen LogP contribution in [0.4, 0.5) is 0 Å². The van der Waals surface area contributed by atoms with Crippen molar-refractivity contribution in [3.8, 4) is 11.5 Å². The molecule has 2 aromatic rings. The minimum atomic E-state index is -0.446. The van der Waals surface area contributed by atoms with Crippen LogP contribution in [0, 0.1) is 6.92 Å². The van der Waals surface area contributed by atoms with Crippen molar-refractivity contribution in [2.24, 2.45) is 0 Å². The number of halogens is 1. The Morgan fingerprint density at radius 2 is 2.06 bits per heavy atom. The van der Waals surface area contributed by atoms with Crippen molar-refractivity contribution in [2.45, 2.75) is 19.6 Å². The molecule has 2 aromatic carbocycles. The average molecular weight is 452 g/mol. The van der Waals surface area contributed by atoms with E-state index in [0.29, 0.717) is 40.9 Å². The first-order valence-electron chi connectivity index (χ1n) is 10.4. The van der Waals surface area contributed by atoms with Crippen molar-refractivity contribution in [3.05, 3.63) is 100 Å². The molecule has 166 valence electrons. The van der Waals surface area contributed by atoms with Crippen molar-refractivity contribution in [3.63, 3.8) is 0 Å². The van der Waals surface area contributed by atoms with Crippen LogP contribution in [-0.2, 0) is 4.74 Å². The Bertz CT molecular complexity index is 1130. The van der Waals surface area contributed by atoms with E-state index in [1.165, 1.54) is 0 Å². The van der Waals surface area contributed by atoms with E-state index in [1.54, 1.807) is 7.11 Å². The van der Waals surface area contributed by atoms with Gasteiger partial charge >= 0.3 is 0 Å². The SMILES string of the molecule is C=C(O)C1=CN2C(=CC1=C)c1cc(Cl)c(OCCCOC)cc1OC2c1cccc(C)c1. The molecule has 2 aliphatic heterocycles. The molecular formula is C26H26ClNO4. The summed E-state index contributed by atoms with van der Waals surface area (Å²) < 4.78 is 17.4. The molecule has 0 aromatic heterocycles. The van der Waals surface area contributed by atoms with Crippen LogP contribution < -0.4 is 9.47 Å². The first-order chi connectivity index (χ1) is 15.4. The van der Waals surface area contributed by atoms with Gasteiger partial charge in [-0.15, -0.1) is 0 Å². The number of nitrogens with zero attached hydrogens (tertiary/aromatic N) is 1. The second kappa shape index (κ2) is 9.15. The van der Waals surface area contributed by atoms with E-state index in [0.717, 1.165) is 28.8 Å². The van der Waals surface area contributed by atoms with Crippen LogP contribution in [-0.4, -0.2) is 30.3 Å². The van der Waals surface area contributed by atoms with Crippen molar-refractivity contribution in [1.29, 1.82) is 0 Å². The number of rotatable bonds is 7. The number of hydrogen-bond acceptors (Lipinski definition) is 5. The summed E-state index contributed by atoms with van der Waals surface area (Å²) in [6.07, 6.45) is 4.04. The molecule has 2 heterocycles. The van der Waals surface area contributed by atoms with Crippen LogP contribution in [0.3, 0.4) is 0 Å². The lowest BCUT2D eigenvalue weighted by Gasteiger charge is -2.41. The minimum Gasteiger partial charge on any atom is -0.508 e. The number of fused-ring (bicyclic) bond motifs is 3. The fourth-order valence-corrected chi connectivity index (χ4v) is 4.06. The van der Waals surface area contributed by atoms with E-state index < -0.39 is 6.23 Å². The first-order valence-corrected chi connectivity index (χ1v) is 10.7. The van der Waals surface area contributed by atoms with Crippen LogP contribution in [0.2, 0.25) is 5.02 Å². The third-order valence-corrected chi connectivity index (χ3v) is 5.69. The fraction of sp³-hybridized carbons (Fsp3) is 0.231. The molecule has 0 radical (unpaired) electrons. The van der Waals surface area contributed by atoms with E-state index in [-0.39, 0.29) is 5.76 Å². The molecule has 1 N–H and O–H groups in total. The number of aryl methyl sites for hydroxylation is 1. The lowest BCUT2D eigenvalue weighted by Crippen LogP contribution is -2.33. The van der Waals surface area contributed by atoms with Crippen LogP contribution in [0.15, 0.2) is 78.7 Å². The average Bonchev–Trinajstić information content (AvgIpc) is 2.76. The Kier molecular flexibility index (Phi) is 6.31. The molecule has 0 amide bonds. The summed E-state index contributed by atoms with van der Waals surface area (Å²) in [7, 11) is 1.66. The molecule has 0 spiro atoms. The topological polar surface area (TPSA) is 51.2 Å². The van der Waals surface area contributed by atoms with Gasteiger partial charge in [-0.05, 0) is 24.6 Å². The summed E-state index contributed by atoms with van der Waals surface area (Å²) in [5.74, 6) is 1.18. The monoisotopic (exact) mass is 451 g/mol. The molecule has 5 nitrogen and oxygen atoms in total. The molecule has 0 bridgehead atoms. The summed E-state index contributed by atoms with van der Waals surface area (Å²) in [6.45, 7) is 10.9. The maximum absolute atomic E-state index is 10.1. The van der Waals surface area contributed by atoms with Gasteiger partial charge in [0.1, 0.15) is 17.3 Å². The van der Waals surface area contributed by atoms with Gasteiger partial charge in [-0.1, -0.05) is 54.6 Å². The van der Waals surface area contributed by atoms with Gasteiger partial charge < -0.3 is 24.2 Å². The number of benzene rings is 2. The predicted molar refractivity (Wildman–Crippen MR) is 127 cm³/mol. The van der Waals surface area contributed by atoms with Gasteiger partial charge in [0, 0.05) is 49.1 Å². The highest BCUT2D eigenvalue weighted by atomic mass is 35.5. The Labute approximate surface area is 193 Å². The summed E-state index contributed by atoms with van der Waals surface area (Å²) in [5, 5.41) is 10.6. The van der Waals surface area contributed by atoms with Gasteiger partial charge in [0.05, 0.1) is 17.3 Å². The zero-order valence-corrected chi connectivity index (χ0v) is 19.0. The molecule has 2 aliphatic rings. The highest BCUT2D eigenvalue weighted by molar-refractivity contribution is 6.32. The van der Waals surface area contributed by atoms with Crippen LogP contribution in [0.25, 0.3) is 5.70 Å². The molecule has 0 saturated carbocycles. The number of hydrogen-bond donors (Lipinski definition) is 1. The minimum absolute atomic E-state index is 0.0445. The van der Waals surface area contributed by atoms with E-state index in [2.05, 4.69) is 19.2 Å². The van der Waals surface area contributed by atoms with Gasteiger partial charge in [-0.25, -0.2) is 0 Å². The third-order valence-electron chi connectivity index (χ3n) is 5.39. The Morgan fingerprint density at radius 1 is 1.25 bits per heavy atom. The smallest absolute Gasteiger partial charge is 0.202 e. The molecule has 1 atom stereocenters. The second-order valence-electron chi connectivity index (χ2n) is 7.81. The Balaban J connectivity index is 1.78. The molecule has 4 rings (SSSR count). The Hall–Kier alpha value is -3.15. The van der Waals surface area contributed by atoms with Crippen LogP contribution in [0.1, 0.15) is 29.3 Å². The first kappa shape index (κ1) is 22.1. The number of aliphatic hydroxyl groups excluding tert-OH is 1. The zero-order valence-electron chi connectivity index (χ0n) is 18.2. The van der Waals surface area contributed by atoms with Crippen molar-refractivity contribution >= 4 is 17.3 Å². The van der Waals surface area contributed by atoms with Gasteiger partial charge in [0.2, 0.25) is 6.23 Å². The van der Waals surface area contributed by atoms with Crippen molar-refractivity contribution in [2.75, 3.05) is 20.3 Å². The van der Waals surface area contributed by atoms with Gasteiger partial charge in [-0.2, -0.15) is 0 Å². The Morgan fingerprint density at radius 3 is 2.78 bits per heavy atom. The summed E-state index contributed by atoms with van der Waals surface area (Å²) in [4.78, 5) is 1.97. The predicted octanol–water partition coefficient (Wildman–Crippen LogP) is 6.32. The molecule has 32 heavy (non-hydrogen) atoms. The van der Waals surface area contributed by atoms with Crippen molar-refractivity contribution in [1.82, 2.24) is 4.90 Å². The van der Waals surface area contributed by atoms with E-state index in [4.69, 9.17) is 25.8 Å². The van der Waals surface area contributed by atoms with Crippen LogP contribution >= 0.6 is 11.6 Å². The lowest BCUT2D eigenvalue weighted by molar-refractivity contribution is 0.0875. The molecule has 0 aliphatic carbocycles. The van der Waals surface area contributed by atoms with Gasteiger partial charge in [-0.3, -0.25) is 0 Å². The summed E-state index contributed by atoms with van der Waals surface area (Å²) in [5.41, 5.74) is 5.02. The molecule has 0 saturated heterocycles.